The third-order valence-electron chi connectivity index (χ3n) is 7.02. The van der Waals surface area contributed by atoms with E-state index >= 15 is 0 Å². The fraction of sp³-hybridized carbons (Fsp3) is 0.500. The lowest BCUT2D eigenvalue weighted by atomic mass is 10.1. The summed E-state index contributed by atoms with van der Waals surface area (Å²) in [6, 6.07) is 7.34. The number of aryl methyl sites for hydroxylation is 2. The Morgan fingerprint density at radius 1 is 1.23 bits per heavy atom. The number of aliphatic carboxylic acids is 1. The quantitative estimate of drug-likeness (QED) is 0.245. The zero-order chi connectivity index (χ0) is 27.6. The molecule has 0 fully saturated rings. The van der Waals surface area contributed by atoms with Gasteiger partial charge < -0.3 is 25.4 Å². The molecule has 0 saturated carbocycles. The highest BCUT2D eigenvalue weighted by molar-refractivity contribution is 5.90. The number of carbonyl (C=O) groups is 1. The third kappa shape index (κ3) is 8.03. The van der Waals surface area contributed by atoms with E-state index in [1.165, 1.54) is 37.2 Å². The van der Waals surface area contributed by atoms with E-state index in [9.17, 15) is 18.7 Å². The molecular formula is C28H36F2N6O3. The number of ether oxygens (including phenoxy) is 1. The number of rotatable bonds is 15. The molecule has 210 valence electrons. The zero-order valence-corrected chi connectivity index (χ0v) is 22.2. The number of anilines is 2. The lowest BCUT2D eigenvalue weighted by molar-refractivity contribution is -0.138. The number of halogens is 2. The molecule has 3 heterocycles. The molecule has 0 saturated heterocycles. The zero-order valence-electron chi connectivity index (χ0n) is 22.2. The fourth-order valence-electron chi connectivity index (χ4n) is 4.80. The van der Waals surface area contributed by atoms with Gasteiger partial charge in [0.2, 0.25) is 0 Å². The Hall–Kier alpha value is -3.44. The SMILES string of the molecule is COC(CF)CN(CCCCc1ccc2c(n1)NCCC2)CCC(Nc1ncnc2ccc(F)cc12)C(=O)O. The Morgan fingerprint density at radius 3 is 2.90 bits per heavy atom. The number of nitrogens with zero attached hydrogens (tertiary/aromatic N) is 4. The number of benzene rings is 1. The molecule has 2 atom stereocenters. The van der Waals surface area contributed by atoms with Crippen LogP contribution in [-0.4, -0.2) is 83.0 Å². The first-order valence-electron chi connectivity index (χ1n) is 13.4. The van der Waals surface area contributed by atoms with E-state index < -0.39 is 30.6 Å². The van der Waals surface area contributed by atoms with Crippen LogP contribution in [0.2, 0.25) is 0 Å². The van der Waals surface area contributed by atoms with Crippen molar-refractivity contribution >= 4 is 28.5 Å². The second-order valence-corrected chi connectivity index (χ2v) is 9.82. The minimum atomic E-state index is -1.06. The summed E-state index contributed by atoms with van der Waals surface area (Å²) < 4.78 is 32.5. The molecule has 0 spiro atoms. The Kier molecular flexibility index (Phi) is 10.3. The van der Waals surface area contributed by atoms with Crippen LogP contribution in [-0.2, 0) is 22.4 Å². The number of hydrogen-bond donors (Lipinski definition) is 3. The number of fused-ring (bicyclic) bond motifs is 2. The summed E-state index contributed by atoms with van der Waals surface area (Å²) >= 11 is 0. The summed E-state index contributed by atoms with van der Waals surface area (Å²) in [7, 11) is 1.47. The van der Waals surface area contributed by atoms with E-state index in [4.69, 9.17) is 9.72 Å². The number of aromatic nitrogens is 3. The molecule has 3 aromatic rings. The van der Waals surface area contributed by atoms with Crippen molar-refractivity contribution in [3.05, 3.63) is 53.7 Å². The molecule has 2 unspecified atom stereocenters. The Morgan fingerprint density at radius 2 is 2.10 bits per heavy atom. The molecule has 39 heavy (non-hydrogen) atoms. The highest BCUT2D eigenvalue weighted by Gasteiger charge is 2.22. The van der Waals surface area contributed by atoms with Gasteiger partial charge in [-0.2, -0.15) is 0 Å². The third-order valence-corrected chi connectivity index (χ3v) is 7.02. The maximum atomic E-state index is 13.8. The molecule has 0 radical (unpaired) electrons. The smallest absolute Gasteiger partial charge is 0.326 e. The van der Waals surface area contributed by atoms with Gasteiger partial charge in [-0.1, -0.05) is 6.07 Å². The monoisotopic (exact) mass is 542 g/mol. The van der Waals surface area contributed by atoms with E-state index in [1.54, 1.807) is 0 Å². The van der Waals surface area contributed by atoms with E-state index in [2.05, 4.69) is 32.7 Å². The lowest BCUT2D eigenvalue weighted by Gasteiger charge is -2.27. The highest BCUT2D eigenvalue weighted by Crippen LogP contribution is 2.22. The fourth-order valence-corrected chi connectivity index (χ4v) is 4.80. The first-order chi connectivity index (χ1) is 19.0. The molecule has 0 amide bonds. The van der Waals surface area contributed by atoms with Gasteiger partial charge in [0.05, 0.1) is 11.6 Å². The van der Waals surface area contributed by atoms with Crippen LogP contribution in [0.3, 0.4) is 0 Å². The van der Waals surface area contributed by atoms with Crippen molar-refractivity contribution in [3.63, 3.8) is 0 Å². The van der Waals surface area contributed by atoms with E-state index in [-0.39, 0.29) is 12.2 Å². The second kappa shape index (κ2) is 14.1. The molecule has 3 N–H and O–H groups in total. The van der Waals surface area contributed by atoms with Crippen LogP contribution in [0.5, 0.6) is 0 Å². The van der Waals surface area contributed by atoms with E-state index in [1.807, 2.05) is 4.90 Å². The number of alkyl halides is 1. The topological polar surface area (TPSA) is 113 Å². The minimum absolute atomic E-state index is 0.233. The van der Waals surface area contributed by atoms with Crippen LogP contribution < -0.4 is 10.6 Å². The molecular weight excluding hydrogens is 506 g/mol. The van der Waals surface area contributed by atoms with Gasteiger partial charge in [-0.3, -0.25) is 0 Å². The Balaban J connectivity index is 1.35. The van der Waals surface area contributed by atoms with E-state index in [0.29, 0.717) is 30.5 Å². The van der Waals surface area contributed by atoms with Gasteiger partial charge in [-0.05, 0) is 74.9 Å². The molecule has 1 aromatic carbocycles. The number of carboxylic acids is 1. The second-order valence-electron chi connectivity index (χ2n) is 9.82. The number of nitrogens with one attached hydrogen (secondary N) is 2. The maximum absolute atomic E-state index is 13.8. The highest BCUT2D eigenvalue weighted by atomic mass is 19.1. The largest absolute Gasteiger partial charge is 0.480 e. The number of carboxylic acid groups (broad SMARTS) is 1. The lowest BCUT2D eigenvalue weighted by Crippen LogP contribution is -2.39. The summed E-state index contributed by atoms with van der Waals surface area (Å²) in [4.78, 5) is 27.1. The van der Waals surface area contributed by atoms with Crippen molar-refractivity contribution in [2.75, 3.05) is 50.6 Å². The summed E-state index contributed by atoms with van der Waals surface area (Å²) in [6.07, 6.45) is 5.70. The van der Waals surface area contributed by atoms with Gasteiger partial charge in [0.1, 0.15) is 36.5 Å². The van der Waals surface area contributed by atoms with Crippen molar-refractivity contribution in [3.8, 4) is 0 Å². The summed E-state index contributed by atoms with van der Waals surface area (Å²) in [5, 5.41) is 16.6. The van der Waals surface area contributed by atoms with Crippen LogP contribution in [0.25, 0.3) is 10.9 Å². The first-order valence-corrected chi connectivity index (χ1v) is 13.4. The van der Waals surface area contributed by atoms with Crippen molar-refractivity contribution < 1.29 is 23.4 Å². The van der Waals surface area contributed by atoms with Crippen molar-refractivity contribution in [2.24, 2.45) is 0 Å². The summed E-state index contributed by atoms with van der Waals surface area (Å²) in [5.41, 5.74) is 2.81. The van der Waals surface area contributed by atoms with E-state index in [0.717, 1.165) is 50.2 Å². The van der Waals surface area contributed by atoms with Gasteiger partial charge in [0.15, 0.2) is 0 Å². The average Bonchev–Trinajstić information content (AvgIpc) is 2.95. The summed E-state index contributed by atoms with van der Waals surface area (Å²) in [6.45, 7) is 1.74. The molecule has 4 rings (SSSR count). The van der Waals surface area contributed by atoms with Gasteiger partial charge in [-0.15, -0.1) is 0 Å². The predicted octanol–water partition coefficient (Wildman–Crippen LogP) is 4.09. The van der Waals surface area contributed by atoms with Gasteiger partial charge in [0.25, 0.3) is 0 Å². The first kappa shape index (κ1) is 28.6. The number of pyridine rings is 1. The number of methoxy groups -OCH3 is 1. The maximum Gasteiger partial charge on any atom is 0.326 e. The molecule has 11 heteroatoms. The van der Waals surface area contributed by atoms with Crippen molar-refractivity contribution in [1.82, 2.24) is 19.9 Å². The van der Waals surface area contributed by atoms with Gasteiger partial charge in [-0.25, -0.2) is 28.5 Å². The van der Waals surface area contributed by atoms with Crippen LogP contribution in [0.1, 0.15) is 36.9 Å². The molecule has 1 aliphatic heterocycles. The summed E-state index contributed by atoms with van der Waals surface area (Å²) in [5.74, 6) is -0.280. The molecule has 0 aliphatic carbocycles. The molecule has 0 bridgehead atoms. The standard InChI is InChI=1S/C28H36F2N6O3/c1-39-22(16-29)17-36(13-3-2-6-21-9-7-19-5-4-12-31-26(19)34-21)14-11-25(28(37)38)35-27-23-15-20(30)8-10-24(23)32-18-33-27/h7-10,15,18,22,25H,2-6,11-14,16-17H2,1H3,(H,31,34)(H,37,38)(H,32,33,35). The normalized spacial score (nSPS) is 14.6. The molecule has 1 aliphatic rings. The van der Waals surface area contributed by atoms with Crippen LogP contribution >= 0.6 is 0 Å². The van der Waals surface area contributed by atoms with Crippen LogP contribution in [0.4, 0.5) is 20.4 Å². The Labute approximate surface area is 227 Å². The van der Waals surface area contributed by atoms with Crippen LogP contribution in [0.15, 0.2) is 36.7 Å². The predicted molar refractivity (Wildman–Crippen MR) is 146 cm³/mol. The van der Waals surface area contributed by atoms with Gasteiger partial charge in [0, 0.05) is 37.8 Å². The average molecular weight is 543 g/mol. The van der Waals surface area contributed by atoms with Gasteiger partial charge >= 0.3 is 5.97 Å². The van der Waals surface area contributed by atoms with Crippen molar-refractivity contribution in [2.45, 2.75) is 50.7 Å². The molecule has 9 nitrogen and oxygen atoms in total. The molecule has 2 aromatic heterocycles. The number of hydrogen-bond acceptors (Lipinski definition) is 8. The number of unbranched alkanes of at least 4 members (excludes halogenated alkanes) is 1. The van der Waals surface area contributed by atoms with Crippen LogP contribution in [0, 0.1) is 5.82 Å². The Bertz CT molecular complexity index is 1240. The minimum Gasteiger partial charge on any atom is -0.480 e. The van der Waals surface area contributed by atoms with Crippen molar-refractivity contribution in [1.29, 1.82) is 0 Å².